The van der Waals surface area contributed by atoms with Gasteiger partial charge in [0.25, 0.3) is 5.91 Å². The van der Waals surface area contributed by atoms with Gasteiger partial charge in [-0.3, -0.25) is 4.79 Å². The predicted molar refractivity (Wildman–Crippen MR) is 53.1 cm³/mol. The second-order valence-corrected chi connectivity index (χ2v) is 3.17. The van der Waals surface area contributed by atoms with Gasteiger partial charge < -0.3 is 10.0 Å². The van der Waals surface area contributed by atoms with Crippen LogP contribution >= 0.6 is 0 Å². The summed E-state index contributed by atoms with van der Waals surface area (Å²) in [5, 5.41) is 9.53. The first-order valence-corrected chi connectivity index (χ1v) is 4.69. The molecular formula is C10H19NO2. The van der Waals surface area contributed by atoms with Crippen molar-refractivity contribution in [3.63, 3.8) is 0 Å². The summed E-state index contributed by atoms with van der Waals surface area (Å²) in [5.74, 6) is -0.156. The summed E-state index contributed by atoms with van der Waals surface area (Å²) in [6, 6.07) is 0. The number of amides is 1. The van der Waals surface area contributed by atoms with E-state index in [-0.39, 0.29) is 5.91 Å². The molecule has 1 N–H and O–H groups in total. The molecule has 0 spiro atoms. The van der Waals surface area contributed by atoms with Gasteiger partial charge in [-0.05, 0) is 19.8 Å². The van der Waals surface area contributed by atoms with Gasteiger partial charge in [-0.1, -0.05) is 20.4 Å². The Labute approximate surface area is 80.0 Å². The molecule has 13 heavy (non-hydrogen) atoms. The van der Waals surface area contributed by atoms with Gasteiger partial charge in [-0.2, -0.15) is 0 Å². The molecule has 1 unspecified atom stereocenters. The number of aliphatic hydroxyl groups excluding tert-OH is 1. The van der Waals surface area contributed by atoms with E-state index in [0.717, 1.165) is 6.42 Å². The van der Waals surface area contributed by atoms with Crippen LogP contribution in [0.25, 0.3) is 0 Å². The van der Waals surface area contributed by atoms with Crippen LogP contribution in [0.4, 0.5) is 0 Å². The Morgan fingerprint density at radius 3 is 2.38 bits per heavy atom. The molecule has 0 aromatic heterocycles. The number of carbonyl (C=O) groups is 1. The van der Waals surface area contributed by atoms with E-state index in [4.69, 9.17) is 0 Å². The minimum atomic E-state index is -0.677. The standard InChI is InChI=1S/C10H19NO2/c1-5-7-11(9(12)6-2)10(13)8(3)4/h9,12H,3,5-7H2,1-2,4H3. The molecule has 0 saturated heterocycles. The molecule has 0 aliphatic carbocycles. The van der Waals surface area contributed by atoms with Gasteiger partial charge in [0, 0.05) is 12.1 Å². The summed E-state index contributed by atoms with van der Waals surface area (Å²) in [7, 11) is 0. The van der Waals surface area contributed by atoms with Crippen molar-refractivity contribution in [2.24, 2.45) is 0 Å². The van der Waals surface area contributed by atoms with E-state index in [1.807, 2.05) is 13.8 Å². The zero-order valence-electron chi connectivity index (χ0n) is 8.71. The number of aliphatic hydroxyl groups is 1. The predicted octanol–water partition coefficient (Wildman–Crippen LogP) is 1.53. The maximum absolute atomic E-state index is 11.5. The molecule has 0 radical (unpaired) electrons. The molecular weight excluding hydrogens is 166 g/mol. The summed E-state index contributed by atoms with van der Waals surface area (Å²) in [4.78, 5) is 13.0. The normalized spacial score (nSPS) is 12.3. The lowest BCUT2D eigenvalue weighted by atomic mass is 10.2. The lowest BCUT2D eigenvalue weighted by Gasteiger charge is -2.26. The quantitative estimate of drug-likeness (QED) is 0.521. The van der Waals surface area contributed by atoms with E-state index in [9.17, 15) is 9.90 Å². The zero-order chi connectivity index (χ0) is 10.4. The van der Waals surface area contributed by atoms with Crippen molar-refractivity contribution in [2.45, 2.75) is 39.8 Å². The van der Waals surface area contributed by atoms with Crippen molar-refractivity contribution in [1.82, 2.24) is 4.90 Å². The van der Waals surface area contributed by atoms with Crippen LogP contribution in [0.3, 0.4) is 0 Å². The number of hydrogen-bond donors (Lipinski definition) is 1. The van der Waals surface area contributed by atoms with Crippen LogP contribution in [0, 0.1) is 0 Å². The molecule has 0 aliphatic heterocycles. The van der Waals surface area contributed by atoms with E-state index in [1.165, 1.54) is 4.90 Å². The number of nitrogens with zero attached hydrogens (tertiary/aromatic N) is 1. The summed E-state index contributed by atoms with van der Waals surface area (Å²) < 4.78 is 0. The van der Waals surface area contributed by atoms with Crippen LogP contribution in [0.2, 0.25) is 0 Å². The van der Waals surface area contributed by atoms with Gasteiger partial charge in [0.1, 0.15) is 6.23 Å². The largest absolute Gasteiger partial charge is 0.374 e. The van der Waals surface area contributed by atoms with Crippen molar-refractivity contribution in [2.75, 3.05) is 6.54 Å². The Hall–Kier alpha value is -0.830. The van der Waals surface area contributed by atoms with Crippen molar-refractivity contribution >= 4 is 5.91 Å². The third-order valence-corrected chi connectivity index (χ3v) is 1.82. The fourth-order valence-corrected chi connectivity index (χ4v) is 1.09. The highest BCUT2D eigenvalue weighted by Crippen LogP contribution is 2.06. The first-order valence-electron chi connectivity index (χ1n) is 4.69. The molecule has 0 saturated carbocycles. The van der Waals surface area contributed by atoms with E-state index < -0.39 is 6.23 Å². The van der Waals surface area contributed by atoms with Gasteiger partial charge in [-0.15, -0.1) is 0 Å². The zero-order valence-corrected chi connectivity index (χ0v) is 8.71. The molecule has 0 bridgehead atoms. The first kappa shape index (κ1) is 12.2. The lowest BCUT2D eigenvalue weighted by Crippen LogP contribution is -2.40. The van der Waals surface area contributed by atoms with Gasteiger partial charge in [0.05, 0.1) is 0 Å². The van der Waals surface area contributed by atoms with Crippen molar-refractivity contribution in [1.29, 1.82) is 0 Å². The van der Waals surface area contributed by atoms with Gasteiger partial charge >= 0.3 is 0 Å². The number of carbonyl (C=O) groups excluding carboxylic acids is 1. The van der Waals surface area contributed by atoms with Crippen LogP contribution in [-0.2, 0) is 4.79 Å². The molecule has 0 rings (SSSR count). The molecule has 1 atom stereocenters. The lowest BCUT2D eigenvalue weighted by molar-refractivity contribution is -0.137. The molecule has 1 amide bonds. The summed E-state index contributed by atoms with van der Waals surface area (Å²) >= 11 is 0. The Morgan fingerprint density at radius 1 is 1.54 bits per heavy atom. The number of rotatable bonds is 5. The molecule has 0 fully saturated rings. The highest BCUT2D eigenvalue weighted by atomic mass is 16.3. The highest BCUT2D eigenvalue weighted by Gasteiger charge is 2.19. The van der Waals surface area contributed by atoms with Crippen LogP contribution in [-0.4, -0.2) is 28.7 Å². The molecule has 0 aromatic rings. The second kappa shape index (κ2) is 5.75. The van der Waals surface area contributed by atoms with Crippen molar-refractivity contribution < 1.29 is 9.90 Å². The molecule has 0 aliphatic rings. The Morgan fingerprint density at radius 2 is 2.08 bits per heavy atom. The average molecular weight is 185 g/mol. The fraction of sp³-hybridized carbons (Fsp3) is 0.700. The van der Waals surface area contributed by atoms with Gasteiger partial charge in [0.15, 0.2) is 0 Å². The summed E-state index contributed by atoms with van der Waals surface area (Å²) in [6.07, 6.45) is 0.721. The van der Waals surface area contributed by atoms with E-state index in [0.29, 0.717) is 18.5 Å². The smallest absolute Gasteiger partial charge is 0.250 e. The van der Waals surface area contributed by atoms with Crippen molar-refractivity contribution in [3.05, 3.63) is 12.2 Å². The van der Waals surface area contributed by atoms with Gasteiger partial charge in [0.2, 0.25) is 0 Å². The minimum Gasteiger partial charge on any atom is -0.374 e. The third-order valence-electron chi connectivity index (χ3n) is 1.82. The van der Waals surface area contributed by atoms with Crippen molar-refractivity contribution in [3.8, 4) is 0 Å². The van der Waals surface area contributed by atoms with Crippen LogP contribution in [0.1, 0.15) is 33.6 Å². The molecule has 3 heteroatoms. The third kappa shape index (κ3) is 3.59. The van der Waals surface area contributed by atoms with E-state index >= 15 is 0 Å². The van der Waals surface area contributed by atoms with Gasteiger partial charge in [-0.25, -0.2) is 0 Å². The fourth-order valence-electron chi connectivity index (χ4n) is 1.09. The Balaban J connectivity index is 4.40. The van der Waals surface area contributed by atoms with E-state index in [1.54, 1.807) is 6.92 Å². The second-order valence-electron chi connectivity index (χ2n) is 3.17. The maximum atomic E-state index is 11.5. The molecule has 0 aromatic carbocycles. The van der Waals surface area contributed by atoms with Crippen LogP contribution in [0.5, 0.6) is 0 Å². The topological polar surface area (TPSA) is 40.5 Å². The molecule has 3 nitrogen and oxygen atoms in total. The number of hydrogen-bond acceptors (Lipinski definition) is 2. The minimum absolute atomic E-state index is 0.156. The first-order chi connectivity index (χ1) is 6.04. The Bertz CT molecular complexity index is 189. The van der Waals surface area contributed by atoms with Crippen LogP contribution in [0.15, 0.2) is 12.2 Å². The average Bonchev–Trinajstić information content (AvgIpc) is 2.11. The van der Waals surface area contributed by atoms with Crippen LogP contribution < -0.4 is 0 Å². The monoisotopic (exact) mass is 185 g/mol. The maximum Gasteiger partial charge on any atom is 0.250 e. The Kier molecular flexibility index (Phi) is 5.39. The molecule has 0 heterocycles. The molecule has 76 valence electrons. The SMILES string of the molecule is C=C(C)C(=O)N(CCC)C(O)CC. The summed E-state index contributed by atoms with van der Waals surface area (Å²) in [5.41, 5.74) is 0.473. The highest BCUT2D eigenvalue weighted by molar-refractivity contribution is 5.92. The van der Waals surface area contributed by atoms with E-state index in [2.05, 4.69) is 6.58 Å². The summed E-state index contributed by atoms with van der Waals surface area (Å²) in [6.45, 7) is 9.64.